The molecule has 1 aliphatic heterocycles. The van der Waals surface area contributed by atoms with Gasteiger partial charge in [0.15, 0.2) is 0 Å². The molecule has 0 unspecified atom stereocenters. The van der Waals surface area contributed by atoms with Gasteiger partial charge < -0.3 is 5.32 Å². The Balaban J connectivity index is 1.65. The largest absolute Gasteiger partial charge is 0.344 e. The van der Waals surface area contributed by atoms with Crippen LogP contribution in [0.4, 0.5) is 4.79 Å². The number of hydrogen-bond donors (Lipinski definition) is 2. The highest BCUT2D eigenvalue weighted by Gasteiger charge is 2.52. The van der Waals surface area contributed by atoms with Crippen molar-refractivity contribution in [3.63, 3.8) is 0 Å². The van der Waals surface area contributed by atoms with Gasteiger partial charge in [-0.25, -0.2) is 4.79 Å². The number of nitrogens with zero attached hydrogens (tertiary/aromatic N) is 1. The molecule has 2 aromatic carbocycles. The smallest absolute Gasteiger partial charge is 0.318 e. The molecule has 1 atom stereocenters. The van der Waals surface area contributed by atoms with Crippen LogP contribution in [0.1, 0.15) is 43.4 Å². The number of carbonyl (C=O) groups excluding carboxylic acids is 3. The van der Waals surface area contributed by atoms with Crippen molar-refractivity contribution in [2.75, 3.05) is 0 Å². The highest BCUT2D eigenvalue weighted by atomic mass is 16.2. The molecular weight excluding hydrogens is 354 g/mol. The average Bonchev–Trinajstić information content (AvgIpc) is 2.98. The SMILES string of the molecule is CCc1ccc(CCC(=O)NN2C(=O)N[C@](CC)(c3ccccc3)C2=O)cc1. The number of rotatable bonds is 7. The van der Waals surface area contributed by atoms with E-state index in [1.165, 1.54) is 5.56 Å². The van der Waals surface area contributed by atoms with Gasteiger partial charge in [0.1, 0.15) is 5.54 Å². The van der Waals surface area contributed by atoms with E-state index in [0.717, 1.165) is 17.0 Å². The maximum Gasteiger partial charge on any atom is 0.344 e. The van der Waals surface area contributed by atoms with E-state index in [9.17, 15) is 14.4 Å². The summed E-state index contributed by atoms with van der Waals surface area (Å²) in [6.07, 6.45) is 2.08. The highest BCUT2D eigenvalue weighted by Crippen LogP contribution is 2.31. The predicted octanol–water partition coefficient (Wildman–Crippen LogP) is 3.07. The number of carbonyl (C=O) groups is 3. The molecule has 2 N–H and O–H groups in total. The van der Waals surface area contributed by atoms with Crippen molar-refractivity contribution < 1.29 is 14.4 Å². The Kier molecular flexibility index (Phi) is 5.78. The zero-order valence-electron chi connectivity index (χ0n) is 16.2. The molecule has 146 valence electrons. The number of aryl methyl sites for hydroxylation is 2. The van der Waals surface area contributed by atoms with Crippen LogP contribution in [0, 0.1) is 0 Å². The van der Waals surface area contributed by atoms with Gasteiger partial charge in [-0.05, 0) is 36.0 Å². The number of urea groups is 1. The topological polar surface area (TPSA) is 78.5 Å². The molecule has 0 spiro atoms. The lowest BCUT2D eigenvalue weighted by atomic mass is 9.87. The lowest BCUT2D eigenvalue weighted by Gasteiger charge is -2.25. The quantitative estimate of drug-likeness (QED) is 0.726. The number of hydrazine groups is 1. The Morgan fingerprint density at radius 2 is 1.64 bits per heavy atom. The number of amides is 4. The first-order valence-electron chi connectivity index (χ1n) is 9.59. The van der Waals surface area contributed by atoms with E-state index >= 15 is 0 Å². The fraction of sp³-hybridized carbons (Fsp3) is 0.318. The minimum absolute atomic E-state index is 0.187. The van der Waals surface area contributed by atoms with Crippen molar-refractivity contribution in [3.8, 4) is 0 Å². The van der Waals surface area contributed by atoms with Gasteiger partial charge in [0.05, 0.1) is 0 Å². The van der Waals surface area contributed by atoms with Crippen LogP contribution < -0.4 is 10.7 Å². The summed E-state index contributed by atoms with van der Waals surface area (Å²) in [5, 5.41) is 3.55. The third-order valence-corrected chi connectivity index (χ3v) is 5.20. The van der Waals surface area contributed by atoms with E-state index in [1.54, 1.807) is 12.1 Å². The maximum absolute atomic E-state index is 13.0. The van der Waals surface area contributed by atoms with Gasteiger partial charge in [-0.3, -0.25) is 15.0 Å². The summed E-state index contributed by atoms with van der Waals surface area (Å²) in [4.78, 5) is 37.7. The third-order valence-electron chi connectivity index (χ3n) is 5.20. The molecular formula is C22H25N3O3. The van der Waals surface area contributed by atoms with Crippen molar-refractivity contribution in [1.29, 1.82) is 0 Å². The Hall–Kier alpha value is -3.15. The zero-order chi connectivity index (χ0) is 20.1. The Morgan fingerprint density at radius 3 is 2.25 bits per heavy atom. The highest BCUT2D eigenvalue weighted by molar-refractivity contribution is 6.08. The van der Waals surface area contributed by atoms with Gasteiger partial charge >= 0.3 is 6.03 Å². The van der Waals surface area contributed by atoms with E-state index < -0.39 is 17.5 Å². The van der Waals surface area contributed by atoms with Crippen LogP contribution in [0.5, 0.6) is 0 Å². The minimum atomic E-state index is -1.15. The molecule has 0 aromatic heterocycles. The first-order valence-corrected chi connectivity index (χ1v) is 9.59. The standard InChI is InChI=1S/C22H25N3O3/c1-3-16-10-12-17(13-11-16)14-15-19(26)24-25-20(27)22(4-2,23-21(25)28)18-8-6-5-7-9-18/h5-13H,3-4,14-15H2,1-2H3,(H,23,28)(H,24,26)/t22-/m1/s1. The van der Waals surface area contributed by atoms with Gasteiger partial charge in [-0.15, -0.1) is 0 Å². The maximum atomic E-state index is 13.0. The fourth-order valence-electron chi connectivity index (χ4n) is 3.42. The molecule has 6 heteroatoms. The lowest BCUT2D eigenvalue weighted by Crippen LogP contribution is -2.48. The monoisotopic (exact) mass is 379 g/mol. The molecule has 1 fully saturated rings. The second-order valence-corrected chi connectivity index (χ2v) is 6.90. The number of nitrogens with one attached hydrogen (secondary N) is 2. The molecule has 0 bridgehead atoms. The molecule has 1 aliphatic rings. The molecule has 2 aromatic rings. The van der Waals surface area contributed by atoms with Crippen molar-refractivity contribution in [1.82, 2.24) is 15.8 Å². The van der Waals surface area contributed by atoms with Crippen molar-refractivity contribution in [3.05, 3.63) is 71.3 Å². The number of imide groups is 1. The average molecular weight is 379 g/mol. The summed E-state index contributed by atoms with van der Waals surface area (Å²) in [7, 11) is 0. The van der Waals surface area contributed by atoms with Crippen LogP contribution in [0.3, 0.4) is 0 Å². The molecule has 4 amide bonds. The van der Waals surface area contributed by atoms with Crippen molar-refractivity contribution in [2.24, 2.45) is 0 Å². The predicted molar refractivity (Wildman–Crippen MR) is 106 cm³/mol. The molecule has 3 rings (SSSR count). The zero-order valence-corrected chi connectivity index (χ0v) is 16.2. The number of hydrogen-bond acceptors (Lipinski definition) is 3. The van der Waals surface area contributed by atoms with Gasteiger partial charge in [-0.1, -0.05) is 68.4 Å². The molecule has 0 aliphatic carbocycles. The molecule has 0 radical (unpaired) electrons. The minimum Gasteiger partial charge on any atom is -0.318 e. The van der Waals surface area contributed by atoms with E-state index in [4.69, 9.17) is 0 Å². The van der Waals surface area contributed by atoms with E-state index in [1.807, 2.05) is 49.4 Å². The van der Waals surface area contributed by atoms with Crippen LogP contribution in [0.15, 0.2) is 54.6 Å². The molecule has 6 nitrogen and oxygen atoms in total. The first kappa shape index (κ1) is 19.6. The van der Waals surface area contributed by atoms with Gasteiger partial charge in [0.25, 0.3) is 5.91 Å². The lowest BCUT2D eigenvalue weighted by molar-refractivity contribution is -0.139. The first-order chi connectivity index (χ1) is 13.5. The molecule has 1 heterocycles. The summed E-state index contributed by atoms with van der Waals surface area (Å²) >= 11 is 0. The summed E-state index contributed by atoms with van der Waals surface area (Å²) in [6.45, 7) is 3.92. The second kappa shape index (κ2) is 8.25. The van der Waals surface area contributed by atoms with E-state index in [-0.39, 0.29) is 12.3 Å². The van der Waals surface area contributed by atoms with Crippen LogP contribution in [0.25, 0.3) is 0 Å². The summed E-state index contributed by atoms with van der Waals surface area (Å²) in [5.41, 5.74) is 4.29. The number of benzene rings is 2. The van der Waals surface area contributed by atoms with Gasteiger partial charge in [-0.2, -0.15) is 5.01 Å². The van der Waals surface area contributed by atoms with Crippen molar-refractivity contribution in [2.45, 2.75) is 45.1 Å². The Labute approximate surface area is 164 Å². The Bertz CT molecular complexity index is 864. The molecule has 1 saturated heterocycles. The Morgan fingerprint density at radius 1 is 1.00 bits per heavy atom. The molecule has 28 heavy (non-hydrogen) atoms. The van der Waals surface area contributed by atoms with Gasteiger partial charge in [0, 0.05) is 6.42 Å². The van der Waals surface area contributed by atoms with E-state index in [2.05, 4.69) is 17.7 Å². The summed E-state index contributed by atoms with van der Waals surface area (Å²) in [5.74, 6) is -0.838. The summed E-state index contributed by atoms with van der Waals surface area (Å²) in [6, 6.07) is 16.5. The third kappa shape index (κ3) is 3.76. The van der Waals surface area contributed by atoms with Crippen molar-refractivity contribution >= 4 is 17.8 Å². The van der Waals surface area contributed by atoms with Crippen LogP contribution in [0.2, 0.25) is 0 Å². The molecule has 0 saturated carbocycles. The summed E-state index contributed by atoms with van der Waals surface area (Å²) < 4.78 is 0. The van der Waals surface area contributed by atoms with Crippen LogP contribution in [-0.4, -0.2) is 22.9 Å². The van der Waals surface area contributed by atoms with Gasteiger partial charge in [0.2, 0.25) is 5.91 Å². The van der Waals surface area contributed by atoms with Crippen LogP contribution in [-0.2, 0) is 28.0 Å². The van der Waals surface area contributed by atoms with Crippen LogP contribution >= 0.6 is 0 Å². The normalized spacial score (nSPS) is 18.9. The van der Waals surface area contributed by atoms with E-state index in [0.29, 0.717) is 18.4 Å². The fourth-order valence-corrected chi connectivity index (χ4v) is 3.42. The second-order valence-electron chi connectivity index (χ2n) is 6.90.